The third kappa shape index (κ3) is 2.80. The van der Waals surface area contributed by atoms with Crippen molar-refractivity contribution >= 4 is 22.2 Å². The van der Waals surface area contributed by atoms with Gasteiger partial charge < -0.3 is 0 Å². The second-order valence-electron chi connectivity index (χ2n) is 8.29. The summed E-state index contributed by atoms with van der Waals surface area (Å²) < 4.78 is 0. The molecule has 1 N–H and O–H groups in total. The van der Waals surface area contributed by atoms with Crippen LogP contribution < -0.4 is 5.43 Å². The molecule has 25 heavy (non-hydrogen) atoms. The number of aromatic nitrogens is 1. The van der Waals surface area contributed by atoms with Crippen LogP contribution in [0.1, 0.15) is 43.2 Å². The third-order valence-corrected chi connectivity index (χ3v) is 7.31. The molecule has 4 aliphatic carbocycles. The molecule has 0 amide bonds. The van der Waals surface area contributed by atoms with E-state index in [9.17, 15) is 0 Å². The van der Waals surface area contributed by atoms with Crippen LogP contribution in [0.4, 0.5) is 5.13 Å². The van der Waals surface area contributed by atoms with Gasteiger partial charge >= 0.3 is 0 Å². The zero-order valence-electron chi connectivity index (χ0n) is 15.0. The fourth-order valence-electron chi connectivity index (χ4n) is 5.32. The molecular formula is C21H25N3S. The number of hydrazone groups is 1. The van der Waals surface area contributed by atoms with E-state index >= 15 is 0 Å². The van der Waals surface area contributed by atoms with E-state index < -0.39 is 0 Å². The van der Waals surface area contributed by atoms with E-state index in [0.29, 0.717) is 0 Å². The minimum absolute atomic E-state index is 0.739. The molecule has 1 aromatic carbocycles. The third-order valence-electron chi connectivity index (χ3n) is 6.56. The number of anilines is 1. The lowest BCUT2D eigenvalue weighted by Gasteiger charge is -2.50. The van der Waals surface area contributed by atoms with Gasteiger partial charge in [-0.05, 0) is 86.8 Å². The van der Waals surface area contributed by atoms with Gasteiger partial charge in [0.15, 0.2) is 0 Å². The maximum absolute atomic E-state index is 4.85. The minimum Gasteiger partial charge on any atom is -0.253 e. The Bertz CT molecular complexity index is 805. The first-order valence-electron chi connectivity index (χ1n) is 9.52. The zero-order chi connectivity index (χ0) is 17.0. The summed E-state index contributed by atoms with van der Waals surface area (Å²) in [5.41, 5.74) is 9.59. The normalized spacial score (nSPS) is 29.9. The Hall–Kier alpha value is -1.68. The summed E-state index contributed by atoms with van der Waals surface area (Å²) in [7, 11) is 0. The zero-order valence-corrected chi connectivity index (χ0v) is 15.8. The van der Waals surface area contributed by atoms with Crippen LogP contribution in [0.3, 0.4) is 0 Å². The van der Waals surface area contributed by atoms with Crippen molar-refractivity contribution in [3.63, 3.8) is 0 Å². The highest BCUT2D eigenvalue weighted by molar-refractivity contribution is 7.14. The number of nitrogens with one attached hydrogen (secondary N) is 1. The molecule has 4 saturated carbocycles. The predicted octanol–water partition coefficient (Wildman–Crippen LogP) is 5.65. The number of thiazole rings is 1. The van der Waals surface area contributed by atoms with Gasteiger partial charge in [0.2, 0.25) is 5.13 Å². The molecule has 0 unspecified atom stereocenters. The SMILES string of the molecule is Cc1ccc(-c2csc(NN=C3C4CC5CC(C4)CC3C5)n2)cc1C. The Kier molecular flexibility index (Phi) is 3.70. The topological polar surface area (TPSA) is 37.3 Å². The molecule has 4 bridgehead atoms. The molecule has 0 spiro atoms. The van der Waals surface area contributed by atoms with E-state index in [0.717, 1.165) is 34.5 Å². The van der Waals surface area contributed by atoms with Gasteiger partial charge in [-0.3, -0.25) is 5.43 Å². The lowest BCUT2D eigenvalue weighted by Crippen LogP contribution is -2.45. The van der Waals surface area contributed by atoms with Crippen LogP contribution in [-0.4, -0.2) is 10.7 Å². The van der Waals surface area contributed by atoms with E-state index in [2.05, 4.69) is 42.9 Å². The van der Waals surface area contributed by atoms with Crippen molar-refractivity contribution in [2.75, 3.05) is 5.43 Å². The van der Waals surface area contributed by atoms with Crippen molar-refractivity contribution in [1.29, 1.82) is 0 Å². The number of nitrogens with zero attached hydrogens (tertiary/aromatic N) is 2. The molecule has 4 aliphatic rings. The molecule has 4 heteroatoms. The van der Waals surface area contributed by atoms with Gasteiger partial charge in [0.25, 0.3) is 0 Å². The summed E-state index contributed by atoms with van der Waals surface area (Å²) >= 11 is 1.65. The quantitative estimate of drug-likeness (QED) is 0.725. The first-order chi connectivity index (χ1) is 12.2. The smallest absolute Gasteiger partial charge is 0.203 e. The van der Waals surface area contributed by atoms with Crippen LogP contribution in [0.25, 0.3) is 11.3 Å². The summed E-state index contributed by atoms with van der Waals surface area (Å²) in [6, 6.07) is 6.55. The Labute approximate surface area is 153 Å². The monoisotopic (exact) mass is 351 g/mol. The van der Waals surface area contributed by atoms with E-state index in [1.807, 2.05) is 0 Å². The summed E-state index contributed by atoms with van der Waals surface area (Å²) in [6.07, 6.45) is 6.98. The fourth-order valence-corrected chi connectivity index (χ4v) is 5.98. The molecule has 6 rings (SSSR count). The van der Waals surface area contributed by atoms with Crippen LogP contribution in [0.15, 0.2) is 28.7 Å². The molecular weight excluding hydrogens is 326 g/mol. The highest BCUT2D eigenvalue weighted by atomic mass is 32.1. The average molecular weight is 352 g/mol. The average Bonchev–Trinajstić information content (AvgIpc) is 3.05. The van der Waals surface area contributed by atoms with Gasteiger partial charge in [-0.15, -0.1) is 11.3 Å². The number of benzene rings is 1. The van der Waals surface area contributed by atoms with Gasteiger partial charge in [-0.25, -0.2) is 4.98 Å². The summed E-state index contributed by atoms with van der Waals surface area (Å²) in [4.78, 5) is 4.75. The minimum atomic E-state index is 0.739. The molecule has 1 heterocycles. The molecule has 0 radical (unpaired) electrons. The first kappa shape index (κ1) is 15.6. The molecule has 0 aliphatic heterocycles. The van der Waals surface area contributed by atoms with Crippen molar-refractivity contribution in [2.24, 2.45) is 28.8 Å². The molecule has 2 aromatic rings. The van der Waals surface area contributed by atoms with Gasteiger partial charge in [-0.1, -0.05) is 12.1 Å². The molecule has 3 nitrogen and oxygen atoms in total. The fraction of sp³-hybridized carbons (Fsp3) is 0.524. The van der Waals surface area contributed by atoms with Crippen molar-refractivity contribution in [2.45, 2.75) is 46.0 Å². The Morgan fingerprint density at radius 2 is 1.72 bits per heavy atom. The van der Waals surface area contributed by atoms with Gasteiger partial charge in [0.1, 0.15) is 0 Å². The lowest BCUT2D eigenvalue weighted by atomic mass is 9.55. The second-order valence-corrected chi connectivity index (χ2v) is 9.15. The summed E-state index contributed by atoms with van der Waals surface area (Å²) in [5.74, 6) is 3.45. The van der Waals surface area contributed by atoms with Crippen molar-refractivity contribution in [1.82, 2.24) is 4.98 Å². The maximum atomic E-state index is 4.85. The Morgan fingerprint density at radius 1 is 1.00 bits per heavy atom. The van der Waals surface area contributed by atoms with Gasteiger partial charge in [-0.2, -0.15) is 5.10 Å². The van der Waals surface area contributed by atoms with E-state index in [-0.39, 0.29) is 0 Å². The van der Waals surface area contributed by atoms with Gasteiger partial charge in [0.05, 0.1) is 5.69 Å². The van der Waals surface area contributed by atoms with Crippen molar-refractivity contribution < 1.29 is 0 Å². The largest absolute Gasteiger partial charge is 0.253 e. The summed E-state index contributed by atoms with van der Waals surface area (Å²) in [5, 5.41) is 7.89. The predicted molar refractivity (Wildman–Crippen MR) is 105 cm³/mol. The highest BCUT2D eigenvalue weighted by Crippen LogP contribution is 2.52. The number of rotatable bonds is 3. The number of hydrogen-bond donors (Lipinski definition) is 1. The van der Waals surface area contributed by atoms with Crippen molar-refractivity contribution in [3.05, 3.63) is 34.7 Å². The van der Waals surface area contributed by atoms with Crippen LogP contribution >= 0.6 is 11.3 Å². The maximum Gasteiger partial charge on any atom is 0.203 e. The Balaban J connectivity index is 1.34. The first-order valence-corrected chi connectivity index (χ1v) is 10.4. The molecule has 1 aromatic heterocycles. The standard InChI is InChI=1S/C21H25N3S/c1-12-3-4-16(5-13(12)2)19-11-25-21(22-19)24-23-20-17-7-14-6-15(9-17)10-18(20)8-14/h3-5,11,14-15,17-18H,6-10H2,1-2H3,(H,22,24). The molecule has 0 saturated heterocycles. The lowest BCUT2D eigenvalue weighted by molar-refractivity contribution is 0.108. The number of hydrogen-bond acceptors (Lipinski definition) is 4. The van der Waals surface area contributed by atoms with Crippen LogP contribution in [0, 0.1) is 37.5 Å². The Morgan fingerprint density at radius 3 is 2.40 bits per heavy atom. The van der Waals surface area contributed by atoms with Crippen LogP contribution in [-0.2, 0) is 0 Å². The van der Waals surface area contributed by atoms with Gasteiger partial charge in [0, 0.05) is 16.7 Å². The van der Waals surface area contributed by atoms with E-state index in [1.165, 1.54) is 54.5 Å². The van der Waals surface area contributed by atoms with E-state index in [1.54, 1.807) is 11.3 Å². The van der Waals surface area contributed by atoms with Crippen LogP contribution in [0.5, 0.6) is 0 Å². The van der Waals surface area contributed by atoms with E-state index in [4.69, 9.17) is 10.1 Å². The van der Waals surface area contributed by atoms with Crippen molar-refractivity contribution in [3.8, 4) is 11.3 Å². The number of aryl methyl sites for hydroxylation is 2. The molecule has 0 atom stereocenters. The summed E-state index contributed by atoms with van der Waals surface area (Å²) in [6.45, 7) is 4.30. The van der Waals surface area contributed by atoms with Crippen LogP contribution in [0.2, 0.25) is 0 Å². The highest BCUT2D eigenvalue weighted by Gasteiger charge is 2.46. The molecule has 4 fully saturated rings. The second kappa shape index (κ2) is 5.94. The molecule has 130 valence electrons.